The summed E-state index contributed by atoms with van der Waals surface area (Å²) in [5.74, 6) is -0.928. The molecule has 0 rings (SSSR count). The van der Waals surface area contributed by atoms with Crippen molar-refractivity contribution in [2.75, 3.05) is 13.2 Å². The summed E-state index contributed by atoms with van der Waals surface area (Å²) >= 11 is 0. The highest BCUT2D eigenvalue weighted by molar-refractivity contribution is 5.71. The van der Waals surface area contributed by atoms with Crippen molar-refractivity contribution in [3.8, 4) is 0 Å². The van der Waals surface area contributed by atoms with Gasteiger partial charge in [-0.3, -0.25) is 14.4 Å². The molecule has 0 amide bonds. The molecule has 1 atom stereocenters. The van der Waals surface area contributed by atoms with Crippen molar-refractivity contribution >= 4 is 17.9 Å². The number of esters is 3. The van der Waals surface area contributed by atoms with Crippen LogP contribution >= 0.6 is 0 Å². The van der Waals surface area contributed by atoms with Crippen LogP contribution in [0, 0.1) is 0 Å². The van der Waals surface area contributed by atoms with E-state index >= 15 is 0 Å². The summed E-state index contributed by atoms with van der Waals surface area (Å²) in [6.45, 7) is 6.48. The Balaban J connectivity index is 4.34. The third-order valence-corrected chi connectivity index (χ3v) is 14.0. The Morgan fingerprint density at radius 3 is 0.835 bits per heavy atom. The molecule has 0 aromatic rings. The van der Waals surface area contributed by atoms with Crippen molar-refractivity contribution in [2.24, 2.45) is 0 Å². The topological polar surface area (TPSA) is 78.9 Å². The van der Waals surface area contributed by atoms with Gasteiger partial charge in [-0.05, 0) is 109 Å². The largest absolute Gasteiger partial charge is 0.462 e. The maximum Gasteiger partial charge on any atom is 0.306 e. The normalized spacial score (nSPS) is 12.9. The third kappa shape index (κ3) is 64.5. The van der Waals surface area contributed by atoms with Crippen molar-refractivity contribution in [2.45, 2.75) is 309 Å². The molecule has 0 aliphatic heterocycles. The van der Waals surface area contributed by atoms with E-state index in [4.69, 9.17) is 14.2 Å². The van der Waals surface area contributed by atoms with Gasteiger partial charge >= 0.3 is 17.9 Å². The van der Waals surface area contributed by atoms with E-state index in [2.05, 4.69) is 142 Å². The number of ether oxygens (including phenoxy) is 3. The summed E-state index contributed by atoms with van der Waals surface area (Å²) < 4.78 is 16.9. The molecule has 0 aromatic carbocycles. The molecule has 0 bridgehead atoms. The predicted octanol–water partition coefficient (Wildman–Crippen LogP) is 22.8. The molecular formula is C73H122O6. The summed E-state index contributed by atoms with van der Waals surface area (Å²) in [7, 11) is 0. The Morgan fingerprint density at radius 2 is 0.506 bits per heavy atom. The predicted molar refractivity (Wildman–Crippen MR) is 343 cm³/mol. The zero-order valence-corrected chi connectivity index (χ0v) is 51.6. The number of unbranched alkanes of at least 4 members (excludes halogenated alkanes) is 28. The quantitative estimate of drug-likeness (QED) is 0.0261. The van der Waals surface area contributed by atoms with Gasteiger partial charge in [0.25, 0.3) is 0 Å². The van der Waals surface area contributed by atoms with Crippen LogP contribution in [-0.4, -0.2) is 37.2 Å². The molecule has 0 saturated heterocycles. The summed E-state index contributed by atoms with van der Waals surface area (Å²) in [4.78, 5) is 38.3. The van der Waals surface area contributed by atoms with Crippen LogP contribution in [0.3, 0.4) is 0 Å². The molecule has 6 heteroatoms. The number of rotatable bonds is 59. The van der Waals surface area contributed by atoms with E-state index in [1.54, 1.807) is 0 Å². The van der Waals surface area contributed by atoms with Crippen molar-refractivity contribution < 1.29 is 28.6 Å². The average molecular weight is 1100 g/mol. The molecule has 450 valence electrons. The van der Waals surface area contributed by atoms with Gasteiger partial charge in [-0.25, -0.2) is 0 Å². The molecule has 6 nitrogen and oxygen atoms in total. The van der Waals surface area contributed by atoms with Crippen LogP contribution in [0.2, 0.25) is 0 Å². The molecule has 1 unspecified atom stereocenters. The second-order valence-corrected chi connectivity index (χ2v) is 21.6. The second kappa shape index (κ2) is 66.3. The van der Waals surface area contributed by atoms with Gasteiger partial charge in [-0.1, -0.05) is 296 Å². The average Bonchev–Trinajstić information content (AvgIpc) is 3.45. The van der Waals surface area contributed by atoms with Gasteiger partial charge in [0, 0.05) is 19.3 Å². The zero-order valence-electron chi connectivity index (χ0n) is 51.6. The monoisotopic (exact) mass is 1090 g/mol. The molecule has 0 saturated carbocycles. The number of hydrogen-bond acceptors (Lipinski definition) is 6. The first kappa shape index (κ1) is 74.8. The summed E-state index contributed by atoms with van der Waals surface area (Å²) in [6, 6.07) is 0. The van der Waals surface area contributed by atoms with Crippen LogP contribution in [0.4, 0.5) is 0 Å². The Hall–Kier alpha value is -4.19. The maximum absolute atomic E-state index is 12.9. The molecule has 0 heterocycles. The van der Waals surface area contributed by atoms with Crippen LogP contribution < -0.4 is 0 Å². The van der Waals surface area contributed by atoms with Gasteiger partial charge in [0.1, 0.15) is 13.2 Å². The fourth-order valence-corrected chi connectivity index (χ4v) is 9.01. The van der Waals surface area contributed by atoms with Gasteiger partial charge in [-0.15, -0.1) is 0 Å². The van der Waals surface area contributed by atoms with Crippen LogP contribution in [0.25, 0.3) is 0 Å². The molecular weight excluding hydrogens is 973 g/mol. The van der Waals surface area contributed by atoms with E-state index in [9.17, 15) is 14.4 Å². The lowest BCUT2D eigenvalue weighted by Crippen LogP contribution is -2.30. The lowest BCUT2D eigenvalue weighted by molar-refractivity contribution is -0.167. The minimum Gasteiger partial charge on any atom is -0.462 e. The van der Waals surface area contributed by atoms with Gasteiger partial charge in [0.05, 0.1) is 0 Å². The molecule has 0 spiro atoms. The third-order valence-electron chi connectivity index (χ3n) is 14.0. The van der Waals surface area contributed by atoms with Gasteiger partial charge in [0.2, 0.25) is 0 Å². The number of allylic oxidation sites excluding steroid dienone is 20. The Bertz CT molecular complexity index is 1640. The Kier molecular flexibility index (Phi) is 62.8. The lowest BCUT2D eigenvalue weighted by Gasteiger charge is -2.18. The zero-order chi connectivity index (χ0) is 57.1. The van der Waals surface area contributed by atoms with E-state index in [1.807, 2.05) is 0 Å². The minimum absolute atomic E-state index is 0.0926. The first-order valence-electron chi connectivity index (χ1n) is 33.0. The molecule has 0 N–H and O–H groups in total. The standard InChI is InChI=1S/C73H122O6/c1-4-7-10-13-16-19-22-24-26-28-30-31-32-33-34-35-36-37-38-39-40-41-43-44-46-48-51-54-57-60-63-66-72(75)78-69-70(68-77-71(74)65-62-59-56-53-50-21-18-15-12-9-6-3)79-73(76)67-64-61-58-55-52-49-47-45-42-29-27-25-23-20-17-14-11-8-5-2/h7,10,15-16,18-19,24,26,30-31,33-34,36-37,39-40,43-44,48,51,70H,4-6,8-9,11-14,17,20-23,25,27-29,32,35,38,41-42,45-47,49-50,52-69H2,1-3H3/b10-7-,18-15-,19-16-,26-24-,31-30-,34-33-,37-36-,40-39-,44-43-,51-48-. The van der Waals surface area contributed by atoms with Gasteiger partial charge in [-0.2, -0.15) is 0 Å². The van der Waals surface area contributed by atoms with Crippen LogP contribution in [0.15, 0.2) is 122 Å². The SMILES string of the molecule is CC/C=C\C/C=C\C/C=C\C/C=C\C/C=C\C/C=C\C/C=C\C/C=C\C/C=C\CCCCCC(=O)OCC(COC(=O)CCCCCCC/C=C\CCCC)OC(=O)CCCCCCCCCCCCCCCCCCCCC. The number of hydrogen-bond donors (Lipinski definition) is 0. The van der Waals surface area contributed by atoms with E-state index < -0.39 is 6.10 Å². The van der Waals surface area contributed by atoms with E-state index in [1.165, 1.54) is 128 Å². The van der Waals surface area contributed by atoms with Crippen molar-refractivity contribution in [3.63, 3.8) is 0 Å². The number of carbonyl (C=O) groups is 3. The molecule has 0 aromatic heterocycles. The van der Waals surface area contributed by atoms with Gasteiger partial charge in [0.15, 0.2) is 6.10 Å². The highest BCUT2D eigenvalue weighted by atomic mass is 16.6. The summed E-state index contributed by atoms with van der Waals surface area (Å²) in [6.07, 6.45) is 92.1. The van der Waals surface area contributed by atoms with Crippen LogP contribution in [0.1, 0.15) is 303 Å². The maximum atomic E-state index is 12.9. The van der Waals surface area contributed by atoms with E-state index in [0.717, 1.165) is 135 Å². The summed E-state index contributed by atoms with van der Waals surface area (Å²) in [5, 5.41) is 0. The lowest BCUT2D eigenvalue weighted by atomic mass is 10.0. The fraction of sp³-hybridized carbons (Fsp3) is 0.685. The first-order chi connectivity index (χ1) is 39.0. The highest BCUT2D eigenvalue weighted by Gasteiger charge is 2.19. The second-order valence-electron chi connectivity index (χ2n) is 21.6. The Morgan fingerprint density at radius 1 is 0.266 bits per heavy atom. The molecule has 0 radical (unpaired) electrons. The van der Waals surface area contributed by atoms with E-state index in [0.29, 0.717) is 19.3 Å². The van der Waals surface area contributed by atoms with Gasteiger partial charge < -0.3 is 14.2 Å². The van der Waals surface area contributed by atoms with E-state index in [-0.39, 0.29) is 31.1 Å². The highest BCUT2D eigenvalue weighted by Crippen LogP contribution is 2.16. The minimum atomic E-state index is -0.797. The summed E-state index contributed by atoms with van der Waals surface area (Å²) in [5.41, 5.74) is 0. The molecule has 79 heavy (non-hydrogen) atoms. The molecule has 0 fully saturated rings. The van der Waals surface area contributed by atoms with Crippen molar-refractivity contribution in [3.05, 3.63) is 122 Å². The first-order valence-corrected chi connectivity index (χ1v) is 33.0. The number of carbonyl (C=O) groups excluding carboxylic acids is 3. The Labute approximate surface area is 488 Å². The smallest absolute Gasteiger partial charge is 0.306 e. The molecule has 0 aliphatic rings. The van der Waals surface area contributed by atoms with Crippen molar-refractivity contribution in [1.82, 2.24) is 0 Å². The van der Waals surface area contributed by atoms with Crippen molar-refractivity contribution in [1.29, 1.82) is 0 Å². The van der Waals surface area contributed by atoms with Crippen LogP contribution in [-0.2, 0) is 28.6 Å². The van der Waals surface area contributed by atoms with Crippen LogP contribution in [0.5, 0.6) is 0 Å². The molecule has 0 aliphatic carbocycles. The fourth-order valence-electron chi connectivity index (χ4n) is 9.01.